The van der Waals surface area contributed by atoms with Crippen molar-refractivity contribution in [3.05, 3.63) is 100.0 Å². The van der Waals surface area contributed by atoms with E-state index in [1.807, 2.05) is 60.7 Å². The molecule has 4 rings (SSSR count). The highest BCUT2D eigenvalue weighted by atomic mass is 35.5. The van der Waals surface area contributed by atoms with Gasteiger partial charge in [0.2, 0.25) is 5.95 Å². The highest BCUT2D eigenvalue weighted by molar-refractivity contribution is 6.17. The molecule has 2 aromatic heterocycles. The molecule has 0 bridgehead atoms. The minimum absolute atomic E-state index is 0.0472. The molecule has 7 nitrogen and oxygen atoms in total. The number of benzene rings is 2. The number of pyridine rings is 1. The largest absolute Gasteiger partial charge is 0.290 e. The van der Waals surface area contributed by atoms with Crippen LogP contribution < -0.4 is 11.0 Å². The van der Waals surface area contributed by atoms with E-state index in [0.29, 0.717) is 17.1 Å². The van der Waals surface area contributed by atoms with E-state index in [0.717, 1.165) is 22.4 Å². The predicted molar refractivity (Wildman–Crippen MR) is 125 cm³/mol. The molecule has 2 aromatic carbocycles. The van der Waals surface area contributed by atoms with E-state index in [2.05, 4.69) is 25.5 Å². The lowest BCUT2D eigenvalue weighted by Gasteiger charge is -2.06. The predicted octanol–water partition coefficient (Wildman–Crippen LogP) is 4.56. The molecule has 0 radical (unpaired) electrons. The van der Waals surface area contributed by atoms with Gasteiger partial charge in [-0.1, -0.05) is 60.7 Å². The summed E-state index contributed by atoms with van der Waals surface area (Å²) < 4.78 is 0. The van der Waals surface area contributed by atoms with E-state index in [1.165, 1.54) is 0 Å². The van der Waals surface area contributed by atoms with Crippen LogP contribution in [0.15, 0.2) is 82.8 Å². The van der Waals surface area contributed by atoms with Crippen molar-refractivity contribution >= 4 is 23.8 Å². The number of nitriles is 1. The zero-order valence-corrected chi connectivity index (χ0v) is 17.5. The van der Waals surface area contributed by atoms with Crippen LogP contribution in [0.1, 0.15) is 16.7 Å². The van der Waals surface area contributed by atoms with Gasteiger partial charge in [0, 0.05) is 23.2 Å². The Bertz CT molecular complexity index is 1340. The van der Waals surface area contributed by atoms with Crippen LogP contribution >= 0.6 is 11.6 Å². The van der Waals surface area contributed by atoms with Gasteiger partial charge in [0.1, 0.15) is 11.6 Å². The molecule has 0 aliphatic rings. The highest BCUT2D eigenvalue weighted by Crippen LogP contribution is 2.20. The Balaban J connectivity index is 1.51. The number of hydrogen-bond donors (Lipinski definition) is 2. The summed E-state index contributed by atoms with van der Waals surface area (Å²) in [5.74, 6) is 0.575. The van der Waals surface area contributed by atoms with Crippen molar-refractivity contribution in [2.24, 2.45) is 5.10 Å². The first kappa shape index (κ1) is 21.0. The van der Waals surface area contributed by atoms with E-state index < -0.39 is 5.56 Å². The standard InChI is InChI=1S/C24H17ClN6O/c25-12-17-8-11-21(27-14-17)18-9-6-16(7-10-18)15-28-31-24-29-22(19-4-2-1-3-5-19)20(13-26)23(32)30-24/h1-11,14-15H,12H2,(H2,29,30,31,32). The summed E-state index contributed by atoms with van der Waals surface area (Å²) in [5, 5.41) is 13.5. The van der Waals surface area contributed by atoms with E-state index in [4.69, 9.17) is 11.6 Å². The van der Waals surface area contributed by atoms with E-state index in [1.54, 1.807) is 24.5 Å². The lowest BCUT2D eigenvalue weighted by molar-refractivity contribution is 1.08. The van der Waals surface area contributed by atoms with E-state index in [-0.39, 0.29) is 11.5 Å². The maximum absolute atomic E-state index is 12.3. The number of nitrogens with zero attached hydrogens (tertiary/aromatic N) is 4. The summed E-state index contributed by atoms with van der Waals surface area (Å²) in [6.45, 7) is 0. The second-order valence-electron chi connectivity index (χ2n) is 6.79. The zero-order valence-electron chi connectivity index (χ0n) is 16.8. The van der Waals surface area contributed by atoms with Gasteiger partial charge in [0.05, 0.1) is 17.6 Å². The van der Waals surface area contributed by atoms with Crippen molar-refractivity contribution in [3.8, 4) is 28.6 Å². The van der Waals surface area contributed by atoms with Gasteiger partial charge in [-0.15, -0.1) is 11.6 Å². The summed E-state index contributed by atoms with van der Waals surface area (Å²) in [5.41, 5.74) is 6.76. The van der Waals surface area contributed by atoms with Crippen LogP contribution in [-0.2, 0) is 5.88 Å². The smallest absolute Gasteiger partial charge is 0.270 e. The average Bonchev–Trinajstić information content (AvgIpc) is 2.85. The first-order valence-electron chi connectivity index (χ1n) is 9.68. The molecule has 0 fully saturated rings. The molecule has 4 aromatic rings. The van der Waals surface area contributed by atoms with Crippen LogP contribution in [0.25, 0.3) is 22.5 Å². The third kappa shape index (κ3) is 4.72. The third-order valence-corrected chi connectivity index (χ3v) is 4.96. The number of aromatic amines is 1. The minimum Gasteiger partial charge on any atom is -0.290 e. The molecule has 0 unspecified atom stereocenters. The molecular weight excluding hydrogens is 424 g/mol. The molecule has 156 valence electrons. The Hall–Kier alpha value is -4.28. The Kier molecular flexibility index (Phi) is 6.35. The normalized spacial score (nSPS) is 10.8. The van der Waals surface area contributed by atoms with Gasteiger partial charge in [-0.25, -0.2) is 10.4 Å². The van der Waals surface area contributed by atoms with Gasteiger partial charge < -0.3 is 0 Å². The van der Waals surface area contributed by atoms with Crippen LogP contribution in [-0.4, -0.2) is 21.2 Å². The van der Waals surface area contributed by atoms with Gasteiger partial charge in [-0.2, -0.15) is 10.4 Å². The van der Waals surface area contributed by atoms with Crippen LogP contribution in [0.4, 0.5) is 5.95 Å². The summed E-state index contributed by atoms with van der Waals surface area (Å²) >= 11 is 5.80. The third-order valence-electron chi connectivity index (χ3n) is 4.65. The molecular formula is C24H17ClN6O. The minimum atomic E-state index is -0.531. The fourth-order valence-electron chi connectivity index (χ4n) is 3.02. The van der Waals surface area contributed by atoms with Gasteiger partial charge in [0.25, 0.3) is 5.56 Å². The fraction of sp³-hybridized carbons (Fsp3) is 0.0417. The molecule has 0 aliphatic heterocycles. The first-order valence-corrected chi connectivity index (χ1v) is 10.2. The molecule has 0 saturated heterocycles. The second kappa shape index (κ2) is 9.69. The van der Waals surface area contributed by atoms with Crippen LogP contribution in [0.2, 0.25) is 0 Å². The van der Waals surface area contributed by atoms with Gasteiger partial charge >= 0.3 is 0 Å². The Labute approximate surface area is 189 Å². The van der Waals surface area contributed by atoms with E-state index in [9.17, 15) is 10.1 Å². The summed E-state index contributed by atoms with van der Waals surface area (Å²) in [6.07, 6.45) is 3.37. The number of rotatable bonds is 6. The van der Waals surface area contributed by atoms with Gasteiger partial charge in [-0.3, -0.25) is 14.8 Å². The van der Waals surface area contributed by atoms with Crippen LogP contribution in [0, 0.1) is 11.3 Å². The SMILES string of the molecule is N#Cc1c(-c2ccccc2)nc(NN=Cc2ccc(-c3ccc(CCl)cn3)cc2)[nH]c1=O. The lowest BCUT2D eigenvalue weighted by atomic mass is 10.1. The Morgan fingerprint density at radius 1 is 1.06 bits per heavy atom. The quantitative estimate of drug-likeness (QED) is 0.260. The van der Waals surface area contributed by atoms with Crippen molar-refractivity contribution in [2.45, 2.75) is 5.88 Å². The zero-order chi connectivity index (χ0) is 22.3. The van der Waals surface area contributed by atoms with Crippen molar-refractivity contribution in [2.75, 3.05) is 5.43 Å². The molecule has 0 amide bonds. The molecule has 2 heterocycles. The number of alkyl halides is 1. The Morgan fingerprint density at radius 3 is 2.50 bits per heavy atom. The maximum atomic E-state index is 12.3. The summed E-state index contributed by atoms with van der Waals surface area (Å²) in [6, 6.07) is 22.5. The Morgan fingerprint density at radius 2 is 1.84 bits per heavy atom. The number of aromatic nitrogens is 3. The lowest BCUT2D eigenvalue weighted by Crippen LogP contribution is -2.16. The molecule has 8 heteroatoms. The van der Waals surface area contributed by atoms with Crippen molar-refractivity contribution < 1.29 is 0 Å². The van der Waals surface area contributed by atoms with Crippen LogP contribution in [0.5, 0.6) is 0 Å². The monoisotopic (exact) mass is 440 g/mol. The molecule has 0 aliphatic carbocycles. The average molecular weight is 441 g/mol. The molecule has 0 saturated carbocycles. The molecule has 2 N–H and O–H groups in total. The maximum Gasteiger partial charge on any atom is 0.270 e. The fourth-order valence-corrected chi connectivity index (χ4v) is 3.18. The number of hydrogen-bond acceptors (Lipinski definition) is 6. The topological polar surface area (TPSA) is 107 Å². The van der Waals surface area contributed by atoms with Gasteiger partial charge in [0.15, 0.2) is 0 Å². The van der Waals surface area contributed by atoms with Crippen molar-refractivity contribution in [1.29, 1.82) is 5.26 Å². The molecule has 0 atom stereocenters. The highest BCUT2D eigenvalue weighted by Gasteiger charge is 2.12. The van der Waals surface area contributed by atoms with Gasteiger partial charge in [-0.05, 0) is 17.2 Å². The number of nitrogens with one attached hydrogen (secondary N) is 2. The summed E-state index contributed by atoms with van der Waals surface area (Å²) in [4.78, 5) is 23.6. The van der Waals surface area contributed by atoms with Crippen molar-refractivity contribution in [3.63, 3.8) is 0 Å². The number of halogens is 1. The first-order chi connectivity index (χ1) is 15.7. The summed E-state index contributed by atoms with van der Waals surface area (Å²) in [7, 11) is 0. The molecule has 32 heavy (non-hydrogen) atoms. The van der Waals surface area contributed by atoms with Crippen LogP contribution in [0.3, 0.4) is 0 Å². The van der Waals surface area contributed by atoms with E-state index >= 15 is 0 Å². The number of hydrazone groups is 1. The second-order valence-corrected chi connectivity index (χ2v) is 7.06. The molecule has 0 spiro atoms. The van der Waals surface area contributed by atoms with Crippen molar-refractivity contribution in [1.82, 2.24) is 15.0 Å². The number of anilines is 1. The number of H-pyrrole nitrogens is 1.